The molecule has 19 heavy (non-hydrogen) atoms. The molecule has 1 saturated carbocycles. The lowest BCUT2D eigenvalue weighted by molar-refractivity contribution is 0.574. The minimum atomic E-state index is 0.629. The Balaban J connectivity index is 1.52. The van der Waals surface area contributed by atoms with Crippen LogP contribution >= 0.6 is 0 Å². The Morgan fingerprint density at radius 2 is 2.11 bits per heavy atom. The normalized spacial score (nSPS) is 22.5. The van der Waals surface area contributed by atoms with Crippen LogP contribution in [0.4, 0.5) is 11.6 Å². The zero-order valence-corrected chi connectivity index (χ0v) is 11.6. The molecule has 0 aromatic carbocycles. The van der Waals surface area contributed by atoms with Crippen molar-refractivity contribution >= 4 is 11.6 Å². The van der Waals surface area contributed by atoms with Crippen LogP contribution in [0.3, 0.4) is 0 Å². The Hall–Kier alpha value is -1.36. The van der Waals surface area contributed by atoms with Crippen LogP contribution in [0.25, 0.3) is 0 Å². The van der Waals surface area contributed by atoms with Gasteiger partial charge < -0.3 is 16.0 Å². The van der Waals surface area contributed by atoms with E-state index in [4.69, 9.17) is 0 Å². The first kappa shape index (κ1) is 12.7. The molecule has 104 valence electrons. The van der Waals surface area contributed by atoms with Crippen LogP contribution in [0.15, 0.2) is 6.07 Å². The second-order valence-electron chi connectivity index (χ2n) is 5.61. The third-order valence-corrected chi connectivity index (χ3v) is 3.73. The Morgan fingerprint density at radius 3 is 2.84 bits per heavy atom. The van der Waals surface area contributed by atoms with Crippen molar-refractivity contribution in [2.45, 2.75) is 51.1 Å². The van der Waals surface area contributed by atoms with Crippen LogP contribution in [-0.2, 0) is 0 Å². The summed E-state index contributed by atoms with van der Waals surface area (Å²) in [5.74, 6) is 2.72. The highest BCUT2D eigenvalue weighted by atomic mass is 15.1. The molecule has 1 aliphatic heterocycles. The van der Waals surface area contributed by atoms with Gasteiger partial charge in [0.15, 0.2) is 0 Å². The molecule has 3 N–H and O–H groups in total. The molecule has 1 aliphatic carbocycles. The molecule has 2 aliphatic rings. The van der Waals surface area contributed by atoms with Crippen LogP contribution in [-0.4, -0.2) is 35.1 Å². The van der Waals surface area contributed by atoms with Crippen LogP contribution < -0.4 is 16.0 Å². The molecule has 5 nitrogen and oxygen atoms in total. The van der Waals surface area contributed by atoms with E-state index in [9.17, 15) is 0 Å². The van der Waals surface area contributed by atoms with E-state index in [1.807, 2.05) is 13.0 Å². The summed E-state index contributed by atoms with van der Waals surface area (Å²) in [6.45, 7) is 4.09. The number of aromatic nitrogens is 2. The maximum absolute atomic E-state index is 4.44. The van der Waals surface area contributed by atoms with Crippen molar-refractivity contribution in [2.24, 2.45) is 0 Å². The number of nitrogens with one attached hydrogen (secondary N) is 3. The summed E-state index contributed by atoms with van der Waals surface area (Å²) in [6, 6.07) is 3.33. The zero-order valence-electron chi connectivity index (χ0n) is 11.6. The van der Waals surface area contributed by atoms with Gasteiger partial charge in [0.2, 0.25) is 0 Å². The molecule has 1 atom stereocenters. The molecule has 0 bridgehead atoms. The summed E-state index contributed by atoms with van der Waals surface area (Å²) >= 11 is 0. The lowest BCUT2D eigenvalue weighted by Gasteiger charge is -2.12. The van der Waals surface area contributed by atoms with Crippen LogP contribution in [0.2, 0.25) is 0 Å². The standard InChI is InChI=1S/C14H23N5/c1-10-17-13(9-14(18-10)19-12-4-5-12)16-8-6-11-3-2-7-15-11/h9,11-12,15H,2-8H2,1H3,(H2,16,17,18,19). The largest absolute Gasteiger partial charge is 0.370 e. The van der Waals surface area contributed by atoms with E-state index in [0.717, 1.165) is 30.4 Å². The first-order chi connectivity index (χ1) is 9.29. The summed E-state index contributed by atoms with van der Waals surface area (Å²) in [5, 5.41) is 10.4. The van der Waals surface area contributed by atoms with Gasteiger partial charge >= 0.3 is 0 Å². The van der Waals surface area contributed by atoms with Gasteiger partial charge in [-0.05, 0) is 45.6 Å². The predicted octanol–water partition coefficient (Wildman–Crippen LogP) is 1.91. The fourth-order valence-electron chi connectivity index (χ4n) is 2.55. The number of rotatable bonds is 6. The minimum Gasteiger partial charge on any atom is -0.370 e. The quantitative estimate of drug-likeness (QED) is 0.730. The average Bonchev–Trinajstić information content (AvgIpc) is 3.03. The molecular formula is C14H23N5. The van der Waals surface area contributed by atoms with E-state index in [0.29, 0.717) is 12.1 Å². The minimum absolute atomic E-state index is 0.629. The lowest BCUT2D eigenvalue weighted by atomic mass is 10.1. The topological polar surface area (TPSA) is 61.9 Å². The van der Waals surface area contributed by atoms with Gasteiger partial charge in [-0.1, -0.05) is 0 Å². The van der Waals surface area contributed by atoms with Gasteiger partial charge in [-0.2, -0.15) is 0 Å². The Morgan fingerprint density at radius 1 is 1.26 bits per heavy atom. The van der Waals surface area contributed by atoms with E-state index in [-0.39, 0.29) is 0 Å². The van der Waals surface area contributed by atoms with Gasteiger partial charge in [0, 0.05) is 24.7 Å². The SMILES string of the molecule is Cc1nc(NCCC2CCCN2)cc(NC2CC2)n1. The molecule has 1 aromatic heterocycles. The van der Waals surface area contributed by atoms with Gasteiger partial charge in [0.05, 0.1) is 0 Å². The Kier molecular flexibility index (Phi) is 3.82. The van der Waals surface area contributed by atoms with Gasteiger partial charge in [0.25, 0.3) is 0 Å². The molecule has 2 fully saturated rings. The molecule has 5 heteroatoms. The zero-order chi connectivity index (χ0) is 13.1. The molecule has 0 amide bonds. The van der Waals surface area contributed by atoms with E-state index in [1.54, 1.807) is 0 Å². The lowest BCUT2D eigenvalue weighted by Crippen LogP contribution is -2.24. The molecule has 0 spiro atoms. The monoisotopic (exact) mass is 261 g/mol. The van der Waals surface area contributed by atoms with Crippen LogP contribution in [0.1, 0.15) is 37.9 Å². The molecule has 1 unspecified atom stereocenters. The second-order valence-corrected chi connectivity index (χ2v) is 5.61. The van der Waals surface area contributed by atoms with E-state index in [1.165, 1.54) is 32.2 Å². The smallest absolute Gasteiger partial charge is 0.132 e. The first-order valence-electron chi connectivity index (χ1n) is 7.39. The van der Waals surface area contributed by atoms with Crippen molar-refractivity contribution in [1.29, 1.82) is 0 Å². The summed E-state index contributed by atoms with van der Waals surface area (Å²) < 4.78 is 0. The Labute approximate surface area is 114 Å². The molecular weight excluding hydrogens is 238 g/mol. The average molecular weight is 261 g/mol. The fourth-order valence-corrected chi connectivity index (χ4v) is 2.55. The fraction of sp³-hybridized carbons (Fsp3) is 0.714. The highest BCUT2D eigenvalue weighted by Crippen LogP contribution is 2.24. The highest BCUT2D eigenvalue weighted by Gasteiger charge is 2.21. The van der Waals surface area contributed by atoms with Crippen molar-refractivity contribution in [1.82, 2.24) is 15.3 Å². The molecule has 0 radical (unpaired) electrons. The molecule has 3 rings (SSSR count). The first-order valence-corrected chi connectivity index (χ1v) is 7.39. The highest BCUT2D eigenvalue weighted by molar-refractivity contribution is 5.48. The number of hydrogen-bond donors (Lipinski definition) is 3. The van der Waals surface area contributed by atoms with Gasteiger partial charge in [-0.25, -0.2) is 9.97 Å². The molecule has 2 heterocycles. The molecule has 1 saturated heterocycles. The van der Waals surface area contributed by atoms with Gasteiger partial charge in [0.1, 0.15) is 17.5 Å². The van der Waals surface area contributed by atoms with Gasteiger partial charge in [-0.15, -0.1) is 0 Å². The van der Waals surface area contributed by atoms with Crippen LogP contribution in [0, 0.1) is 6.92 Å². The number of aryl methyl sites for hydroxylation is 1. The number of nitrogens with zero attached hydrogens (tertiary/aromatic N) is 2. The van der Waals surface area contributed by atoms with Gasteiger partial charge in [-0.3, -0.25) is 0 Å². The number of anilines is 2. The third kappa shape index (κ3) is 3.80. The summed E-state index contributed by atoms with van der Waals surface area (Å²) in [6.07, 6.45) is 6.30. The van der Waals surface area contributed by atoms with E-state index in [2.05, 4.69) is 25.9 Å². The predicted molar refractivity (Wildman–Crippen MR) is 77.5 cm³/mol. The number of hydrogen-bond acceptors (Lipinski definition) is 5. The van der Waals surface area contributed by atoms with E-state index >= 15 is 0 Å². The summed E-state index contributed by atoms with van der Waals surface area (Å²) in [7, 11) is 0. The summed E-state index contributed by atoms with van der Waals surface area (Å²) in [5.41, 5.74) is 0. The summed E-state index contributed by atoms with van der Waals surface area (Å²) in [4.78, 5) is 8.87. The Bertz CT molecular complexity index is 424. The van der Waals surface area contributed by atoms with Crippen molar-refractivity contribution in [3.63, 3.8) is 0 Å². The van der Waals surface area contributed by atoms with E-state index < -0.39 is 0 Å². The molecule has 1 aromatic rings. The van der Waals surface area contributed by atoms with Crippen molar-refractivity contribution < 1.29 is 0 Å². The van der Waals surface area contributed by atoms with Crippen molar-refractivity contribution in [3.05, 3.63) is 11.9 Å². The second kappa shape index (κ2) is 5.74. The third-order valence-electron chi connectivity index (χ3n) is 3.73. The van der Waals surface area contributed by atoms with Crippen molar-refractivity contribution in [3.8, 4) is 0 Å². The van der Waals surface area contributed by atoms with Crippen molar-refractivity contribution in [2.75, 3.05) is 23.7 Å². The maximum atomic E-state index is 4.44. The maximum Gasteiger partial charge on any atom is 0.132 e. The van der Waals surface area contributed by atoms with Crippen LogP contribution in [0.5, 0.6) is 0 Å².